The Balaban J connectivity index is 2.41. The van der Waals surface area contributed by atoms with Gasteiger partial charge in [0.05, 0.1) is 0 Å². The minimum Gasteiger partial charge on any atom is -0.396 e. The molecule has 1 fully saturated rings. The van der Waals surface area contributed by atoms with Crippen molar-refractivity contribution in [2.75, 3.05) is 6.61 Å². The lowest BCUT2D eigenvalue weighted by Crippen LogP contribution is -2.40. The summed E-state index contributed by atoms with van der Waals surface area (Å²) in [6, 6.07) is 0. The molecule has 0 aliphatic heterocycles. The lowest BCUT2D eigenvalue weighted by Gasteiger charge is -2.45. The lowest BCUT2D eigenvalue weighted by atomic mass is 9.61. The average molecular weight is 128 g/mol. The Morgan fingerprint density at radius 1 is 1.67 bits per heavy atom. The largest absolute Gasteiger partial charge is 0.396 e. The van der Waals surface area contributed by atoms with Crippen LogP contribution < -0.4 is 0 Å². The third kappa shape index (κ3) is 0.983. The number of aliphatic hydroxyl groups excluding tert-OH is 1. The number of rotatable bonds is 2. The fourth-order valence-electron chi connectivity index (χ4n) is 1.75. The molecule has 0 aromatic rings. The molecule has 2 atom stereocenters. The fourth-order valence-corrected chi connectivity index (χ4v) is 1.75. The van der Waals surface area contributed by atoms with E-state index in [0.717, 1.165) is 5.92 Å². The van der Waals surface area contributed by atoms with Gasteiger partial charge in [-0.15, -0.1) is 0 Å². The summed E-state index contributed by atoms with van der Waals surface area (Å²) in [5.74, 6) is 0.794. The first-order valence-electron chi connectivity index (χ1n) is 3.84. The molecule has 0 spiro atoms. The Morgan fingerprint density at radius 3 is 2.44 bits per heavy atom. The van der Waals surface area contributed by atoms with Crippen molar-refractivity contribution in [1.29, 1.82) is 0 Å². The van der Waals surface area contributed by atoms with Gasteiger partial charge >= 0.3 is 0 Å². The maximum Gasteiger partial charge on any atom is 0.0487 e. The molecule has 0 amide bonds. The van der Waals surface area contributed by atoms with Crippen molar-refractivity contribution in [1.82, 2.24) is 0 Å². The molecule has 54 valence electrons. The highest BCUT2D eigenvalue weighted by Crippen LogP contribution is 2.47. The summed E-state index contributed by atoms with van der Waals surface area (Å²) in [6.45, 7) is 4.77. The fraction of sp³-hybridized carbons (Fsp3) is 1.00. The maximum absolute atomic E-state index is 8.95. The van der Waals surface area contributed by atoms with Gasteiger partial charge in [0.15, 0.2) is 0 Å². The Bertz CT molecular complexity index is 94.7. The predicted molar refractivity (Wildman–Crippen MR) is 38.2 cm³/mol. The minimum atomic E-state index is 0.286. The normalized spacial score (nSPS) is 42.3. The molecule has 0 radical (unpaired) electrons. The van der Waals surface area contributed by atoms with Crippen molar-refractivity contribution in [3.63, 3.8) is 0 Å². The van der Waals surface area contributed by atoms with Crippen LogP contribution in [0.1, 0.15) is 33.1 Å². The van der Waals surface area contributed by atoms with Gasteiger partial charge in [-0.25, -0.2) is 0 Å². The maximum atomic E-state index is 8.95. The summed E-state index contributed by atoms with van der Waals surface area (Å²) < 4.78 is 0. The van der Waals surface area contributed by atoms with Gasteiger partial charge in [-0.3, -0.25) is 0 Å². The smallest absolute Gasteiger partial charge is 0.0487 e. The molecule has 0 unspecified atom stereocenters. The number of aliphatic hydroxyl groups is 1. The summed E-state index contributed by atoms with van der Waals surface area (Å²) in [4.78, 5) is 0. The number of hydrogen-bond donors (Lipinski definition) is 1. The molecule has 0 aromatic heterocycles. The van der Waals surface area contributed by atoms with Crippen LogP contribution >= 0.6 is 0 Å². The average Bonchev–Trinajstić information content (AvgIpc) is 1.85. The summed E-state index contributed by atoms with van der Waals surface area (Å²) >= 11 is 0. The second kappa shape index (κ2) is 2.30. The van der Waals surface area contributed by atoms with E-state index in [4.69, 9.17) is 5.11 Å². The topological polar surface area (TPSA) is 20.2 Å². The van der Waals surface area contributed by atoms with Crippen LogP contribution in [0.3, 0.4) is 0 Å². The molecular weight excluding hydrogens is 112 g/mol. The van der Waals surface area contributed by atoms with Crippen LogP contribution in [0.2, 0.25) is 0 Å². The minimum absolute atomic E-state index is 0.286. The number of hydrogen-bond acceptors (Lipinski definition) is 1. The van der Waals surface area contributed by atoms with E-state index in [1.807, 2.05) is 0 Å². The van der Waals surface area contributed by atoms with Gasteiger partial charge in [0.1, 0.15) is 0 Å². The van der Waals surface area contributed by atoms with Gasteiger partial charge in [-0.2, -0.15) is 0 Å². The first-order chi connectivity index (χ1) is 4.23. The third-order valence-corrected chi connectivity index (χ3v) is 2.90. The molecule has 0 saturated heterocycles. The van der Waals surface area contributed by atoms with Crippen molar-refractivity contribution >= 4 is 0 Å². The van der Waals surface area contributed by atoms with E-state index in [9.17, 15) is 0 Å². The van der Waals surface area contributed by atoms with E-state index in [1.165, 1.54) is 19.3 Å². The third-order valence-electron chi connectivity index (χ3n) is 2.90. The van der Waals surface area contributed by atoms with Crippen molar-refractivity contribution in [2.24, 2.45) is 11.3 Å². The highest BCUT2D eigenvalue weighted by Gasteiger charge is 2.40. The van der Waals surface area contributed by atoms with Crippen molar-refractivity contribution in [2.45, 2.75) is 33.1 Å². The van der Waals surface area contributed by atoms with Gasteiger partial charge in [0.2, 0.25) is 0 Å². The Labute approximate surface area is 57.1 Å². The van der Waals surface area contributed by atoms with Crippen LogP contribution in [-0.2, 0) is 0 Å². The van der Waals surface area contributed by atoms with E-state index in [0.29, 0.717) is 6.61 Å². The lowest BCUT2D eigenvalue weighted by molar-refractivity contribution is -0.0115. The van der Waals surface area contributed by atoms with Gasteiger partial charge in [-0.05, 0) is 24.2 Å². The predicted octanol–water partition coefficient (Wildman–Crippen LogP) is 1.81. The van der Waals surface area contributed by atoms with Gasteiger partial charge < -0.3 is 5.11 Å². The Kier molecular flexibility index (Phi) is 1.80. The van der Waals surface area contributed by atoms with E-state index in [-0.39, 0.29) is 5.41 Å². The molecule has 1 heteroatoms. The summed E-state index contributed by atoms with van der Waals surface area (Å²) in [6.07, 6.45) is 3.78. The van der Waals surface area contributed by atoms with Crippen LogP contribution in [-0.4, -0.2) is 11.7 Å². The molecule has 0 bridgehead atoms. The van der Waals surface area contributed by atoms with Crippen LogP contribution in [0.15, 0.2) is 0 Å². The van der Waals surface area contributed by atoms with Crippen LogP contribution in [0.5, 0.6) is 0 Å². The zero-order chi connectivity index (χ0) is 6.91. The quantitative estimate of drug-likeness (QED) is 0.601. The molecule has 1 aliphatic rings. The zero-order valence-corrected chi connectivity index (χ0v) is 6.35. The van der Waals surface area contributed by atoms with Gasteiger partial charge in [0, 0.05) is 6.61 Å². The molecule has 9 heavy (non-hydrogen) atoms. The molecule has 1 N–H and O–H groups in total. The van der Waals surface area contributed by atoms with Gasteiger partial charge in [-0.1, -0.05) is 20.3 Å². The highest BCUT2D eigenvalue weighted by atomic mass is 16.3. The Hall–Kier alpha value is -0.0400. The van der Waals surface area contributed by atoms with Crippen molar-refractivity contribution < 1.29 is 5.11 Å². The molecule has 1 aliphatic carbocycles. The standard InChI is InChI=1S/C8H16O/c1-3-7-4-5-8(7,2)6-9/h7,9H,3-6H2,1-2H3/t7-,8+/m1/s1. The monoisotopic (exact) mass is 128 g/mol. The zero-order valence-electron chi connectivity index (χ0n) is 6.35. The Morgan fingerprint density at radius 2 is 2.33 bits per heavy atom. The van der Waals surface area contributed by atoms with E-state index < -0.39 is 0 Å². The summed E-state index contributed by atoms with van der Waals surface area (Å²) in [7, 11) is 0. The molecular formula is C8H16O. The second-order valence-corrected chi connectivity index (χ2v) is 3.46. The van der Waals surface area contributed by atoms with E-state index >= 15 is 0 Å². The highest BCUT2D eigenvalue weighted by molar-refractivity contribution is 4.90. The SMILES string of the molecule is CC[C@@H]1CC[C@@]1(C)CO. The van der Waals surface area contributed by atoms with Crippen molar-refractivity contribution in [3.05, 3.63) is 0 Å². The summed E-state index contributed by atoms with van der Waals surface area (Å²) in [5, 5.41) is 8.95. The molecule has 1 rings (SSSR count). The molecule has 1 saturated carbocycles. The van der Waals surface area contributed by atoms with Crippen molar-refractivity contribution in [3.8, 4) is 0 Å². The van der Waals surface area contributed by atoms with Gasteiger partial charge in [0.25, 0.3) is 0 Å². The summed E-state index contributed by atoms with van der Waals surface area (Å²) in [5.41, 5.74) is 0.286. The van der Waals surface area contributed by atoms with Crippen LogP contribution in [0, 0.1) is 11.3 Å². The second-order valence-electron chi connectivity index (χ2n) is 3.46. The van der Waals surface area contributed by atoms with E-state index in [1.54, 1.807) is 0 Å². The van der Waals surface area contributed by atoms with E-state index in [2.05, 4.69) is 13.8 Å². The first-order valence-corrected chi connectivity index (χ1v) is 3.84. The van der Waals surface area contributed by atoms with Crippen LogP contribution in [0.25, 0.3) is 0 Å². The first kappa shape index (κ1) is 7.07. The molecule has 0 aromatic carbocycles. The molecule has 1 nitrogen and oxygen atoms in total. The van der Waals surface area contributed by atoms with Crippen LogP contribution in [0.4, 0.5) is 0 Å². The molecule has 0 heterocycles.